The van der Waals surface area contributed by atoms with Gasteiger partial charge in [0.15, 0.2) is 0 Å². The van der Waals surface area contributed by atoms with Gasteiger partial charge in [0.2, 0.25) is 0 Å². The summed E-state index contributed by atoms with van der Waals surface area (Å²) in [7, 11) is 0. The monoisotopic (exact) mass is 303 g/mol. The molecule has 1 atom stereocenters. The minimum atomic E-state index is -0.150. The number of rotatable bonds is 3. The van der Waals surface area contributed by atoms with Gasteiger partial charge in [-0.2, -0.15) is 0 Å². The number of aromatic nitrogens is 1. The molecule has 2 aromatic rings. The first-order valence-corrected chi connectivity index (χ1v) is 7.84. The summed E-state index contributed by atoms with van der Waals surface area (Å²) in [6.07, 6.45) is 3.57. The molecule has 0 radical (unpaired) electrons. The van der Waals surface area contributed by atoms with E-state index >= 15 is 0 Å². The van der Waals surface area contributed by atoms with Crippen LogP contribution >= 0.6 is 11.3 Å². The smallest absolute Gasteiger partial charge is 0.322 e. The van der Waals surface area contributed by atoms with Crippen molar-refractivity contribution in [2.24, 2.45) is 0 Å². The number of anilines is 1. The zero-order valence-corrected chi connectivity index (χ0v) is 12.3. The molecule has 1 fully saturated rings. The van der Waals surface area contributed by atoms with E-state index in [2.05, 4.69) is 10.3 Å². The first-order chi connectivity index (χ1) is 10.3. The van der Waals surface area contributed by atoms with Gasteiger partial charge in [0.25, 0.3) is 0 Å². The molecule has 0 bridgehead atoms. The van der Waals surface area contributed by atoms with Crippen LogP contribution in [-0.2, 0) is 0 Å². The van der Waals surface area contributed by atoms with Crippen LogP contribution < -0.4 is 5.32 Å². The van der Waals surface area contributed by atoms with Crippen LogP contribution in [-0.4, -0.2) is 40.2 Å². The van der Waals surface area contributed by atoms with Crippen molar-refractivity contribution < 1.29 is 9.90 Å². The van der Waals surface area contributed by atoms with Gasteiger partial charge in [-0.1, -0.05) is 12.1 Å². The van der Waals surface area contributed by atoms with Crippen LogP contribution in [0.15, 0.2) is 35.8 Å². The van der Waals surface area contributed by atoms with E-state index in [4.69, 9.17) is 0 Å². The minimum absolute atomic E-state index is 0.0204. The fourth-order valence-corrected chi connectivity index (χ4v) is 3.22. The van der Waals surface area contributed by atoms with E-state index in [9.17, 15) is 9.90 Å². The molecule has 2 amide bonds. The molecular formula is C15H17N3O2S. The number of hydrogen-bond acceptors (Lipinski definition) is 4. The second-order valence-corrected chi connectivity index (χ2v) is 5.91. The zero-order chi connectivity index (χ0) is 14.7. The zero-order valence-electron chi connectivity index (χ0n) is 11.5. The van der Waals surface area contributed by atoms with Crippen molar-refractivity contribution in [3.8, 4) is 10.6 Å². The lowest BCUT2D eigenvalue weighted by Crippen LogP contribution is -2.40. The third-order valence-electron chi connectivity index (χ3n) is 3.64. The Bertz CT molecular complexity index is 615. The minimum Gasteiger partial charge on any atom is -0.394 e. The summed E-state index contributed by atoms with van der Waals surface area (Å²) in [5.74, 6) is 0. The van der Waals surface area contributed by atoms with Crippen molar-refractivity contribution in [3.05, 3.63) is 35.8 Å². The van der Waals surface area contributed by atoms with E-state index in [1.165, 1.54) is 0 Å². The molecule has 21 heavy (non-hydrogen) atoms. The van der Waals surface area contributed by atoms with Gasteiger partial charge in [0.1, 0.15) is 5.01 Å². The number of hydrogen-bond donors (Lipinski definition) is 2. The fraction of sp³-hybridized carbons (Fsp3) is 0.333. The van der Waals surface area contributed by atoms with Crippen LogP contribution in [0.1, 0.15) is 12.8 Å². The number of benzene rings is 1. The Morgan fingerprint density at radius 2 is 2.43 bits per heavy atom. The molecule has 3 rings (SSSR count). The summed E-state index contributed by atoms with van der Waals surface area (Å²) < 4.78 is 0. The van der Waals surface area contributed by atoms with Crippen molar-refractivity contribution in [1.29, 1.82) is 0 Å². The molecule has 6 heteroatoms. The number of thiazole rings is 1. The number of carbonyl (C=O) groups excluding carboxylic acids is 1. The standard InChI is InChI=1S/C15H17N3O2S/c19-10-13-5-2-7-18(13)15(20)17-12-4-1-3-11(9-12)14-16-6-8-21-14/h1,3-4,6,8-9,13,19H,2,5,7,10H2,(H,17,20)/t13-/m0/s1. The Kier molecular flexibility index (Phi) is 4.17. The highest BCUT2D eigenvalue weighted by molar-refractivity contribution is 7.13. The van der Waals surface area contributed by atoms with Gasteiger partial charge in [-0.3, -0.25) is 0 Å². The van der Waals surface area contributed by atoms with Crippen molar-refractivity contribution in [3.63, 3.8) is 0 Å². The molecular weight excluding hydrogens is 286 g/mol. The van der Waals surface area contributed by atoms with E-state index in [0.29, 0.717) is 6.54 Å². The number of carbonyl (C=O) groups is 1. The summed E-state index contributed by atoms with van der Waals surface area (Å²) in [5, 5.41) is 15.1. The molecule has 1 aromatic heterocycles. The van der Waals surface area contributed by atoms with Crippen LogP contribution in [0.4, 0.5) is 10.5 Å². The number of amides is 2. The van der Waals surface area contributed by atoms with Crippen LogP contribution in [0.5, 0.6) is 0 Å². The molecule has 1 aliphatic rings. The van der Waals surface area contributed by atoms with Crippen LogP contribution in [0.2, 0.25) is 0 Å². The van der Waals surface area contributed by atoms with Gasteiger partial charge in [0, 0.05) is 29.4 Å². The lowest BCUT2D eigenvalue weighted by Gasteiger charge is -2.23. The summed E-state index contributed by atoms with van der Waals surface area (Å²) in [6.45, 7) is 0.718. The van der Waals surface area contributed by atoms with Crippen molar-refractivity contribution >= 4 is 23.1 Å². The van der Waals surface area contributed by atoms with Crippen LogP contribution in [0, 0.1) is 0 Å². The number of aliphatic hydroxyl groups is 1. The Morgan fingerprint density at radius 1 is 1.52 bits per heavy atom. The first-order valence-electron chi connectivity index (χ1n) is 6.96. The SMILES string of the molecule is O=C(Nc1cccc(-c2nccs2)c1)N1CCC[C@H]1CO. The Hall–Kier alpha value is -1.92. The number of likely N-dealkylation sites (tertiary alicyclic amines) is 1. The lowest BCUT2D eigenvalue weighted by atomic mass is 10.2. The molecule has 0 unspecified atom stereocenters. The van der Waals surface area contributed by atoms with Crippen molar-refractivity contribution in [2.75, 3.05) is 18.5 Å². The molecule has 5 nitrogen and oxygen atoms in total. The van der Waals surface area contributed by atoms with Gasteiger partial charge >= 0.3 is 6.03 Å². The Labute approximate surface area is 127 Å². The van der Waals surface area contributed by atoms with E-state index in [0.717, 1.165) is 29.1 Å². The van der Waals surface area contributed by atoms with Crippen LogP contribution in [0.25, 0.3) is 10.6 Å². The molecule has 110 valence electrons. The van der Waals surface area contributed by atoms with E-state index in [-0.39, 0.29) is 18.7 Å². The highest BCUT2D eigenvalue weighted by atomic mass is 32.1. The van der Waals surface area contributed by atoms with Gasteiger partial charge < -0.3 is 15.3 Å². The van der Waals surface area contributed by atoms with E-state index < -0.39 is 0 Å². The third kappa shape index (κ3) is 3.06. The van der Waals surface area contributed by atoms with E-state index in [1.807, 2.05) is 29.6 Å². The number of urea groups is 1. The van der Waals surface area contributed by atoms with Gasteiger partial charge in [0.05, 0.1) is 12.6 Å². The summed E-state index contributed by atoms with van der Waals surface area (Å²) in [5.41, 5.74) is 1.74. The second kappa shape index (κ2) is 6.24. The number of aliphatic hydroxyl groups excluding tert-OH is 1. The topological polar surface area (TPSA) is 65.5 Å². The van der Waals surface area contributed by atoms with Crippen molar-refractivity contribution in [2.45, 2.75) is 18.9 Å². The van der Waals surface area contributed by atoms with Gasteiger partial charge in [-0.25, -0.2) is 9.78 Å². The molecule has 0 spiro atoms. The molecule has 0 aliphatic carbocycles. The fourth-order valence-electron chi connectivity index (χ4n) is 2.58. The average molecular weight is 303 g/mol. The highest BCUT2D eigenvalue weighted by Crippen LogP contribution is 2.25. The maximum Gasteiger partial charge on any atom is 0.322 e. The quantitative estimate of drug-likeness (QED) is 0.916. The second-order valence-electron chi connectivity index (χ2n) is 5.02. The highest BCUT2D eigenvalue weighted by Gasteiger charge is 2.27. The summed E-state index contributed by atoms with van der Waals surface area (Å²) in [6, 6.07) is 7.44. The first kappa shape index (κ1) is 14.0. The Morgan fingerprint density at radius 3 is 3.19 bits per heavy atom. The molecule has 1 saturated heterocycles. The van der Waals surface area contributed by atoms with E-state index in [1.54, 1.807) is 22.4 Å². The Balaban J connectivity index is 1.73. The largest absolute Gasteiger partial charge is 0.394 e. The third-order valence-corrected chi connectivity index (χ3v) is 4.46. The molecule has 0 saturated carbocycles. The molecule has 2 N–H and O–H groups in total. The summed E-state index contributed by atoms with van der Waals surface area (Å²) >= 11 is 1.57. The average Bonchev–Trinajstić information content (AvgIpc) is 3.18. The predicted octanol–water partition coefficient (Wildman–Crippen LogP) is 2.80. The molecule has 2 heterocycles. The molecule has 1 aliphatic heterocycles. The number of nitrogens with one attached hydrogen (secondary N) is 1. The van der Waals surface area contributed by atoms with Crippen LogP contribution in [0.3, 0.4) is 0 Å². The predicted molar refractivity (Wildman–Crippen MR) is 83.4 cm³/mol. The number of nitrogens with zero attached hydrogens (tertiary/aromatic N) is 2. The maximum absolute atomic E-state index is 12.3. The maximum atomic E-state index is 12.3. The molecule has 1 aromatic carbocycles. The lowest BCUT2D eigenvalue weighted by molar-refractivity contribution is 0.166. The summed E-state index contributed by atoms with van der Waals surface area (Å²) in [4.78, 5) is 18.2. The normalized spacial score (nSPS) is 18.0. The van der Waals surface area contributed by atoms with Crippen molar-refractivity contribution in [1.82, 2.24) is 9.88 Å². The van der Waals surface area contributed by atoms with Gasteiger partial charge in [-0.15, -0.1) is 11.3 Å². The van der Waals surface area contributed by atoms with Gasteiger partial charge in [-0.05, 0) is 25.0 Å².